The van der Waals surface area contributed by atoms with Crippen molar-refractivity contribution in [1.29, 1.82) is 0 Å². The molecule has 0 bridgehead atoms. The second-order valence-electron chi connectivity index (χ2n) is 5.13. The van der Waals surface area contributed by atoms with E-state index >= 15 is 0 Å². The Labute approximate surface area is 124 Å². The molecule has 1 unspecified atom stereocenters. The van der Waals surface area contributed by atoms with Crippen LogP contribution >= 0.6 is 0 Å². The second kappa shape index (κ2) is 6.72. The SMILES string of the molecule is CCCNC(c1cc(C)ccc1F)c1c(OC)cnn1C. The highest BCUT2D eigenvalue weighted by Crippen LogP contribution is 2.31. The molecule has 0 aliphatic rings. The van der Waals surface area contributed by atoms with Gasteiger partial charge < -0.3 is 10.1 Å². The molecule has 0 aliphatic heterocycles. The second-order valence-corrected chi connectivity index (χ2v) is 5.13. The van der Waals surface area contributed by atoms with E-state index in [1.165, 1.54) is 6.07 Å². The van der Waals surface area contributed by atoms with Crippen LogP contribution in [0.25, 0.3) is 0 Å². The summed E-state index contributed by atoms with van der Waals surface area (Å²) in [6.07, 6.45) is 2.62. The van der Waals surface area contributed by atoms with Crippen LogP contribution in [0.2, 0.25) is 0 Å². The van der Waals surface area contributed by atoms with Crippen LogP contribution in [-0.4, -0.2) is 23.4 Å². The molecule has 0 saturated heterocycles. The van der Waals surface area contributed by atoms with Gasteiger partial charge in [0.15, 0.2) is 5.75 Å². The summed E-state index contributed by atoms with van der Waals surface area (Å²) in [6, 6.07) is 4.87. The first-order valence-corrected chi connectivity index (χ1v) is 7.13. The van der Waals surface area contributed by atoms with E-state index in [2.05, 4.69) is 17.3 Å². The van der Waals surface area contributed by atoms with Crippen molar-refractivity contribution in [2.45, 2.75) is 26.3 Å². The molecule has 0 fully saturated rings. The third kappa shape index (κ3) is 3.24. The van der Waals surface area contributed by atoms with Gasteiger partial charge in [0.1, 0.15) is 11.5 Å². The Bertz CT molecular complexity index is 610. The number of benzene rings is 1. The van der Waals surface area contributed by atoms with Crippen LogP contribution < -0.4 is 10.1 Å². The highest BCUT2D eigenvalue weighted by atomic mass is 19.1. The maximum Gasteiger partial charge on any atom is 0.161 e. The van der Waals surface area contributed by atoms with Crippen molar-refractivity contribution in [3.05, 3.63) is 47.0 Å². The van der Waals surface area contributed by atoms with E-state index < -0.39 is 0 Å². The fourth-order valence-electron chi connectivity index (χ4n) is 2.44. The van der Waals surface area contributed by atoms with E-state index in [0.29, 0.717) is 11.3 Å². The normalized spacial score (nSPS) is 12.4. The van der Waals surface area contributed by atoms with Crippen LogP contribution in [0.3, 0.4) is 0 Å². The summed E-state index contributed by atoms with van der Waals surface area (Å²) < 4.78 is 21.4. The van der Waals surface area contributed by atoms with Gasteiger partial charge in [-0.1, -0.05) is 24.6 Å². The first kappa shape index (κ1) is 15.5. The molecule has 1 heterocycles. The average molecular weight is 291 g/mol. The lowest BCUT2D eigenvalue weighted by Gasteiger charge is -2.21. The molecule has 2 aromatic rings. The maximum absolute atomic E-state index is 14.3. The molecule has 0 spiro atoms. The lowest BCUT2D eigenvalue weighted by molar-refractivity contribution is 0.399. The quantitative estimate of drug-likeness (QED) is 0.889. The lowest BCUT2D eigenvalue weighted by Crippen LogP contribution is -2.26. The molecule has 1 atom stereocenters. The Morgan fingerprint density at radius 1 is 1.43 bits per heavy atom. The van der Waals surface area contributed by atoms with Crippen LogP contribution in [0, 0.1) is 12.7 Å². The predicted molar refractivity (Wildman–Crippen MR) is 81.0 cm³/mol. The Balaban J connectivity index is 2.52. The smallest absolute Gasteiger partial charge is 0.161 e. The highest BCUT2D eigenvalue weighted by molar-refractivity contribution is 5.38. The van der Waals surface area contributed by atoms with Crippen molar-refractivity contribution in [1.82, 2.24) is 15.1 Å². The number of hydrogen-bond acceptors (Lipinski definition) is 3. The van der Waals surface area contributed by atoms with Gasteiger partial charge in [-0.2, -0.15) is 5.10 Å². The minimum atomic E-state index is -0.285. The minimum absolute atomic E-state index is 0.225. The maximum atomic E-state index is 14.3. The molecule has 0 radical (unpaired) electrons. The lowest BCUT2D eigenvalue weighted by atomic mass is 10.00. The largest absolute Gasteiger partial charge is 0.493 e. The van der Waals surface area contributed by atoms with E-state index in [4.69, 9.17) is 4.74 Å². The Morgan fingerprint density at radius 2 is 2.19 bits per heavy atom. The van der Waals surface area contributed by atoms with E-state index in [-0.39, 0.29) is 11.9 Å². The summed E-state index contributed by atoms with van der Waals surface area (Å²) in [6.45, 7) is 4.82. The summed E-state index contributed by atoms with van der Waals surface area (Å²) in [7, 11) is 3.44. The van der Waals surface area contributed by atoms with Crippen LogP contribution in [0.4, 0.5) is 4.39 Å². The van der Waals surface area contributed by atoms with Gasteiger partial charge >= 0.3 is 0 Å². The highest BCUT2D eigenvalue weighted by Gasteiger charge is 2.24. The third-order valence-electron chi connectivity index (χ3n) is 3.50. The van der Waals surface area contributed by atoms with Crippen molar-refractivity contribution in [3.8, 4) is 5.75 Å². The number of nitrogens with zero attached hydrogens (tertiary/aromatic N) is 2. The minimum Gasteiger partial charge on any atom is -0.493 e. The predicted octanol–water partition coefficient (Wildman–Crippen LogP) is 2.97. The number of nitrogens with one attached hydrogen (secondary N) is 1. The third-order valence-corrected chi connectivity index (χ3v) is 3.50. The molecule has 0 saturated carbocycles. The molecule has 1 aromatic heterocycles. The molecule has 21 heavy (non-hydrogen) atoms. The van der Waals surface area contributed by atoms with Crippen molar-refractivity contribution in [2.24, 2.45) is 7.05 Å². The zero-order valence-electron chi connectivity index (χ0n) is 13.0. The molecule has 114 valence electrons. The van der Waals surface area contributed by atoms with Gasteiger partial charge in [0.05, 0.1) is 19.3 Å². The molecule has 0 amide bonds. The molecule has 4 nitrogen and oxygen atoms in total. The Hall–Kier alpha value is -1.88. The van der Waals surface area contributed by atoms with Gasteiger partial charge in [0, 0.05) is 12.6 Å². The van der Waals surface area contributed by atoms with E-state index in [0.717, 1.165) is 24.2 Å². The van der Waals surface area contributed by atoms with Crippen molar-refractivity contribution >= 4 is 0 Å². The molecule has 5 heteroatoms. The average Bonchev–Trinajstić information content (AvgIpc) is 2.84. The fourth-order valence-corrected chi connectivity index (χ4v) is 2.44. The molecule has 2 rings (SSSR count). The Kier molecular flexibility index (Phi) is 4.96. The van der Waals surface area contributed by atoms with Gasteiger partial charge in [-0.05, 0) is 26.0 Å². The number of aromatic nitrogens is 2. The molecule has 0 aliphatic carbocycles. The summed E-state index contributed by atoms with van der Waals surface area (Å²) >= 11 is 0. The summed E-state index contributed by atoms with van der Waals surface area (Å²) in [4.78, 5) is 0. The standard InChI is InChI=1S/C16H22FN3O/c1-5-8-18-15(12-9-11(2)6-7-13(12)17)16-14(21-4)10-19-20(16)3/h6-7,9-10,15,18H,5,8H2,1-4H3. The van der Waals surface area contributed by atoms with Crippen molar-refractivity contribution in [2.75, 3.05) is 13.7 Å². The van der Waals surface area contributed by atoms with Crippen LogP contribution in [0.5, 0.6) is 5.75 Å². The van der Waals surface area contributed by atoms with Gasteiger partial charge in [0.25, 0.3) is 0 Å². The van der Waals surface area contributed by atoms with Gasteiger partial charge in [-0.25, -0.2) is 4.39 Å². The molecule has 1 N–H and O–H groups in total. The van der Waals surface area contributed by atoms with Crippen LogP contribution in [0.15, 0.2) is 24.4 Å². The number of ether oxygens (including phenoxy) is 1. The molecular formula is C16H22FN3O. The first-order chi connectivity index (χ1) is 10.1. The van der Waals surface area contributed by atoms with Gasteiger partial charge in [0.2, 0.25) is 0 Å². The number of methoxy groups -OCH3 is 1. The van der Waals surface area contributed by atoms with E-state index in [1.807, 2.05) is 20.0 Å². The summed E-state index contributed by atoms with van der Waals surface area (Å²) in [5, 5.41) is 7.61. The zero-order chi connectivity index (χ0) is 15.4. The van der Waals surface area contributed by atoms with Crippen molar-refractivity contribution < 1.29 is 9.13 Å². The monoisotopic (exact) mass is 291 g/mol. The summed E-state index contributed by atoms with van der Waals surface area (Å²) in [5.41, 5.74) is 2.47. The summed E-state index contributed by atoms with van der Waals surface area (Å²) in [5.74, 6) is 0.435. The number of rotatable bonds is 6. The molecular weight excluding hydrogens is 269 g/mol. The van der Waals surface area contributed by atoms with E-state index in [1.54, 1.807) is 24.1 Å². The molecule has 1 aromatic carbocycles. The zero-order valence-corrected chi connectivity index (χ0v) is 13.0. The number of halogens is 1. The first-order valence-electron chi connectivity index (χ1n) is 7.13. The van der Waals surface area contributed by atoms with Gasteiger partial charge in [-0.15, -0.1) is 0 Å². The van der Waals surface area contributed by atoms with Crippen molar-refractivity contribution in [3.63, 3.8) is 0 Å². The van der Waals surface area contributed by atoms with Crippen LogP contribution in [0.1, 0.15) is 36.2 Å². The van der Waals surface area contributed by atoms with E-state index in [9.17, 15) is 4.39 Å². The topological polar surface area (TPSA) is 39.1 Å². The Morgan fingerprint density at radius 3 is 2.86 bits per heavy atom. The van der Waals surface area contributed by atoms with Gasteiger partial charge in [-0.3, -0.25) is 4.68 Å². The number of aryl methyl sites for hydroxylation is 2. The van der Waals surface area contributed by atoms with Crippen LogP contribution in [-0.2, 0) is 7.05 Å². The number of hydrogen-bond donors (Lipinski definition) is 1. The fraction of sp³-hybridized carbons (Fsp3) is 0.438.